The van der Waals surface area contributed by atoms with Crippen LogP contribution in [0.4, 0.5) is 0 Å². The van der Waals surface area contributed by atoms with Crippen LogP contribution in [0, 0.1) is 0 Å². The highest BCUT2D eigenvalue weighted by molar-refractivity contribution is 4.83. The molecule has 0 spiro atoms. The summed E-state index contributed by atoms with van der Waals surface area (Å²) in [5.74, 6) is 0. The van der Waals surface area contributed by atoms with E-state index in [1.165, 1.54) is 25.9 Å². The van der Waals surface area contributed by atoms with Crippen molar-refractivity contribution < 1.29 is 0 Å². The van der Waals surface area contributed by atoms with Crippen LogP contribution in [0.5, 0.6) is 0 Å². The van der Waals surface area contributed by atoms with Crippen molar-refractivity contribution in [2.45, 2.75) is 38.8 Å². The first-order valence-electron chi connectivity index (χ1n) is 6.28. The molecule has 0 amide bonds. The third-order valence-electron chi connectivity index (χ3n) is 3.53. The van der Waals surface area contributed by atoms with Gasteiger partial charge in [-0.25, -0.2) is 0 Å². The van der Waals surface area contributed by atoms with E-state index in [2.05, 4.69) is 43.1 Å². The maximum Gasteiger partial charge on any atom is 0.0242 e. The van der Waals surface area contributed by atoms with Crippen LogP contribution in [0.2, 0.25) is 0 Å². The zero-order valence-electron chi connectivity index (χ0n) is 10.8. The monoisotopic (exact) mass is 213 g/mol. The predicted octanol–water partition coefficient (Wildman–Crippen LogP) is 1.01. The Balaban J connectivity index is 2.49. The molecule has 2 atom stereocenters. The van der Waals surface area contributed by atoms with Crippen LogP contribution in [-0.4, -0.2) is 62.2 Å². The van der Waals surface area contributed by atoms with E-state index in [0.29, 0.717) is 12.1 Å². The van der Waals surface area contributed by atoms with Gasteiger partial charge in [0, 0.05) is 38.3 Å². The van der Waals surface area contributed by atoms with E-state index in [1.54, 1.807) is 0 Å². The van der Waals surface area contributed by atoms with E-state index in [9.17, 15) is 0 Å². The first kappa shape index (κ1) is 12.9. The van der Waals surface area contributed by atoms with Gasteiger partial charge in [0.1, 0.15) is 0 Å². The molecule has 2 unspecified atom stereocenters. The molecule has 0 aliphatic carbocycles. The average molecular weight is 213 g/mol. The fourth-order valence-electron chi connectivity index (χ4n) is 2.56. The molecule has 3 heteroatoms. The predicted molar refractivity (Wildman–Crippen MR) is 66.3 cm³/mol. The normalized spacial score (nSPS) is 23.0. The summed E-state index contributed by atoms with van der Waals surface area (Å²) in [6.45, 7) is 9.37. The molecule has 1 heterocycles. The number of hydrogen-bond donors (Lipinski definition) is 1. The number of rotatable bonds is 5. The first-order valence-corrected chi connectivity index (χ1v) is 6.28. The molecule has 90 valence electrons. The lowest BCUT2D eigenvalue weighted by molar-refractivity contribution is 0.101. The van der Waals surface area contributed by atoms with E-state index in [-0.39, 0.29) is 0 Å². The van der Waals surface area contributed by atoms with E-state index >= 15 is 0 Å². The zero-order chi connectivity index (χ0) is 11.3. The molecule has 1 aliphatic heterocycles. The first-order chi connectivity index (χ1) is 7.16. The molecule has 0 aromatic heterocycles. The second kappa shape index (κ2) is 6.46. The minimum absolute atomic E-state index is 0.682. The summed E-state index contributed by atoms with van der Waals surface area (Å²) in [6.07, 6.45) is 2.58. The van der Waals surface area contributed by atoms with Gasteiger partial charge in [-0.1, -0.05) is 13.3 Å². The fraction of sp³-hybridized carbons (Fsp3) is 1.00. The van der Waals surface area contributed by atoms with Gasteiger partial charge < -0.3 is 10.2 Å². The Kier molecular flexibility index (Phi) is 5.58. The summed E-state index contributed by atoms with van der Waals surface area (Å²) < 4.78 is 0. The van der Waals surface area contributed by atoms with Gasteiger partial charge in [-0.05, 0) is 27.4 Å². The van der Waals surface area contributed by atoms with Crippen molar-refractivity contribution in [3.63, 3.8) is 0 Å². The highest BCUT2D eigenvalue weighted by atomic mass is 15.2. The van der Waals surface area contributed by atoms with Gasteiger partial charge in [0.25, 0.3) is 0 Å². The molecule has 0 aromatic carbocycles. The quantitative estimate of drug-likeness (QED) is 0.735. The molecule has 0 saturated carbocycles. The Morgan fingerprint density at radius 3 is 2.33 bits per heavy atom. The van der Waals surface area contributed by atoms with Crippen LogP contribution in [0.3, 0.4) is 0 Å². The minimum Gasteiger partial charge on any atom is -0.314 e. The molecule has 0 radical (unpaired) electrons. The van der Waals surface area contributed by atoms with Crippen molar-refractivity contribution in [3.05, 3.63) is 0 Å². The Labute approximate surface area is 94.8 Å². The van der Waals surface area contributed by atoms with Crippen molar-refractivity contribution in [1.29, 1.82) is 0 Å². The third-order valence-corrected chi connectivity index (χ3v) is 3.53. The fourth-order valence-corrected chi connectivity index (χ4v) is 2.56. The number of piperazine rings is 1. The summed E-state index contributed by atoms with van der Waals surface area (Å²) >= 11 is 0. The zero-order valence-corrected chi connectivity index (χ0v) is 10.8. The standard InChI is InChI=1S/C12H27N3/c1-5-6-12(14(3)4)11(2)15-9-7-13-8-10-15/h11-13H,5-10H2,1-4H3. The van der Waals surface area contributed by atoms with Crippen molar-refractivity contribution in [2.24, 2.45) is 0 Å². The van der Waals surface area contributed by atoms with Crippen LogP contribution in [-0.2, 0) is 0 Å². The van der Waals surface area contributed by atoms with Gasteiger partial charge >= 0.3 is 0 Å². The Morgan fingerprint density at radius 1 is 1.27 bits per heavy atom. The van der Waals surface area contributed by atoms with Crippen molar-refractivity contribution in [2.75, 3.05) is 40.3 Å². The van der Waals surface area contributed by atoms with Crippen molar-refractivity contribution in [1.82, 2.24) is 15.1 Å². The summed E-state index contributed by atoms with van der Waals surface area (Å²) in [5, 5.41) is 3.41. The van der Waals surface area contributed by atoms with Gasteiger partial charge in [-0.3, -0.25) is 4.90 Å². The highest BCUT2D eigenvalue weighted by Crippen LogP contribution is 2.14. The number of hydrogen-bond acceptors (Lipinski definition) is 3. The van der Waals surface area contributed by atoms with Crippen LogP contribution in [0.25, 0.3) is 0 Å². The van der Waals surface area contributed by atoms with Crippen LogP contribution in [0.1, 0.15) is 26.7 Å². The largest absolute Gasteiger partial charge is 0.314 e. The van der Waals surface area contributed by atoms with Crippen LogP contribution >= 0.6 is 0 Å². The SMILES string of the molecule is CCCC(C(C)N1CCNCC1)N(C)C. The van der Waals surface area contributed by atoms with Gasteiger partial charge in [-0.15, -0.1) is 0 Å². The Morgan fingerprint density at radius 2 is 1.87 bits per heavy atom. The lowest BCUT2D eigenvalue weighted by atomic mass is 10.0. The summed E-state index contributed by atoms with van der Waals surface area (Å²) in [6, 6.07) is 1.38. The average Bonchev–Trinajstić information content (AvgIpc) is 2.26. The van der Waals surface area contributed by atoms with E-state index in [1.807, 2.05) is 0 Å². The van der Waals surface area contributed by atoms with Crippen molar-refractivity contribution in [3.8, 4) is 0 Å². The summed E-state index contributed by atoms with van der Waals surface area (Å²) in [5.41, 5.74) is 0. The smallest absolute Gasteiger partial charge is 0.0242 e. The number of nitrogens with zero attached hydrogens (tertiary/aromatic N) is 2. The second-order valence-electron chi connectivity index (χ2n) is 4.85. The molecule has 1 N–H and O–H groups in total. The Hall–Kier alpha value is -0.120. The third kappa shape index (κ3) is 3.74. The lowest BCUT2D eigenvalue weighted by Gasteiger charge is -2.40. The number of likely N-dealkylation sites (N-methyl/N-ethyl adjacent to an activating group) is 1. The van der Waals surface area contributed by atoms with E-state index in [4.69, 9.17) is 0 Å². The molecular weight excluding hydrogens is 186 g/mol. The Bertz CT molecular complexity index is 164. The van der Waals surface area contributed by atoms with E-state index < -0.39 is 0 Å². The summed E-state index contributed by atoms with van der Waals surface area (Å²) in [4.78, 5) is 5.01. The van der Waals surface area contributed by atoms with Crippen LogP contribution in [0.15, 0.2) is 0 Å². The van der Waals surface area contributed by atoms with Gasteiger partial charge in [0.2, 0.25) is 0 Å². The lowest BCUT2D eigenvalue weighted by Crippen LogP contribution is -2.54. The molecule has 1 saturated heterocycles. The molecule has 1 fully saturated rings. The molecule has 1 aliphatic rings. The minimum atomic E-state index is 0.682. The molecule has 15 heavy (non-hydrogen) atoms. The molecule has 0 bridgehead atoms. The maximum atomic E-state index is 3.41. The van der Waals surface area contributed by atoms with E-state index in [0.717, 1.165) is 13.1 Å². The van der Waals surface area contributed by atoms with Gasteiger partial charge in [0.05, 0.1) is 0 Å². The van der Waals surface area contributed by atoms with Crippen LogP contribution < -0.4 is 5.32 Å². The molecule has 0 aromatic rings. The van der Waals surface area contributed by atoms with Gasteiger partial charge in [0.15, 0.2) is 0 Å². The second-order valence-corrected chi connectivity index (χ2v) is 4.85. The molecular formula is C12H27N3. The summed E-state index contributed by atoms with van der Waals surface area (Å²) in [7, 11) is 4.41. The van der Waals surface area contributed by atoms with Gasteiger partial charge in [-0.2, -0.15) is 0 Å². The van der Waals surface area contributed by atoms with Crippen molar-refractivity contribution >= 4 is 0 Å². The maximum absolute atomic E-state index is 3.41. The molecule has 3 nitrogen and oxygen atoms in total. The highest BCUT2D eigenvalue weighted by Gasteiger charge is 2.25. The molecule has 1 rings (SSSR count). The topological polar surface area (TPSA) is 18.5 Å². The number of nitrogens with one attached hydrogen (secondary N) is 1.